The quantitative estimate of drug-likeness (QED) is 0.472. The minimum Gasteiger partial charge on any atom is -0.289 e. The fourth-order valence-corrected chi connectivity index (χ4v) is 2.79. The number of nitrogens with one attached hydrogen (secondary N) is 1. The molecule has 1 rings (SSSR count). The van der Waals surface area contributed by atoms with Crippen molar-refractivity contribution in [1.29, 1.82) is 0 Å². The van der Waals surface area contributed by atoms with Crippen molar-refractivity contribution in [2.45, 2.75) is 39.9 Å². The first-order chi connectivity index (χ1) is 8.91. The smallest absolute Gasteiger partial charge is 0.289 e. The highest BCUT2D eigenvalue weighted by molar-refractivity contribution is 7.51. The van der Waals surface area contributed by atoms with E-state index in [1.165, 1.54) is 0 Å². The number of rotatable bonds is 7. The SMILES string of the molecule is CC(C)OP(=O)(N/N=C/c1ccccc1)OC(C)C. The van der Waals surface area contributed by atoms with Crippen LogP contribution in [-0.4, -0.2) is 18.4 Å². The Morgan fingerprint density at radius 2 is 1.63 bits per heavy atom. The van der Waals surface area contributed by atoms with Gasteiger partial charge >= 0.3 is 7.75 Å². The normalized spacial score (nSPS) is 12.5. The molecular formula is C13H21N2O3P. The predicted molar refractivity (Wildman–Crippen MR) is 77.2 cm³/mol. The molecule has 0 atom stereocenters. The van der Waals surface area contributed by atoms with Crippen molar-refractivity contribution >= 4 is 14.0 Å². The second-order valence-corrected chi connectivity index (χ2v) is 6.19. The first-order valence-electron chi connectivity index (χ1n) is 6.23. The third-order valence-electron chi connectivity index (χ3n) is 1.89. The summed E-state index contributed by atoms with van der Waals surface area (Å²) in [6, 6.07) is 9.50. The molecular weight excluding hydrogens is 263 g/mol. The second-order valence-electron chi connectivity index (χ2n) is 4.57. The lowest BCUT2D eigenvalue weighted by Crippen LogP contribution is -2.16. The lowest BCUT2D eigenvalue weighted by molar-refractivity contribution is 0.136. The zero-order chi connectivity index (χ0) is 14.3. The van der Waals surface area contributed by atoms with Crippen LogP contribution < -0.4 is 5.20 Å². The van der Waals surface area contributed by atoms with E-state index in [2.05, 4.69) is 10.3 Å². The standard InChI is InChI=1S/C13H21N2O3P/c1-11(2)17-19(16,18-12(3)4)15-14-10-13-8-6-5-7-9-13/h5-12H,1-4H3,(H,15,16)/b14-10+. The lowest BCUT2D eigenvalue weighted by Gasteiger charge is -2.21. The third-order valence-corrected chi connectivity index (χ3v) is 3.65. The van der Waals surface area contributed by atoms with Gasteiger partial charge in [0.2, 0.25) is 0 Å². The summed E-state index contributed by atoms with van der Waals surface area (Å²) >= 11 is 0. The van der Waals surface area contributed by atoms with Gasteiger partial charge in [-0.1, -0.05) is 30.3 Å². The van der Waals surface area contributed by atoms with E-state index in [9.17, 15) is 4.57 Å². The second kappa shape index (κ2) is 7.43. The summed E-state index contributed by atoms with van der Waals surface area (Å²) in [5, 5.41) is 6.42. The Bertz CT molecular complexity index is 432. The molecule has 0 saturated heterocycles. The van der Waals surface area contributed by atoms with Crippen LogP contribution in [0.4, 0.5) is 0 Å². The highest BCUT2D eigenvalue weighted by Gasteiger charge is 2.27. The molecule has 0 aliphatic rings. The molecule has 0 saturated carbocycles. The zero-order valence-electron chi connectivity index (χ0n) is 11.7. The Kier molecular flexibility index (Phi) is 6.22. The summed E-state index contributed by atoms with van der Waals surface area (Å²) in [7, 11) is -3.42. The summed E-state index contributed by atoms with van der Waals surface area (Å²) in [5.41, 5.74) is 0.899. The summed E-state index contributed by atoms with van der Waals surface area (Å²) in [6.07, 6.45) is 1.13. The van der Waals surface area contributed by atoms with Crippen LogP contribution in [0.15, 0.2) is 35.4 Å². The molecule has 0 bridgehead atoms. The first kappa shape index (κ1) is 15.9. The fourth-order valence-electron chi connectivity index (χ4n) is 1.34. The van der Waals surface area contributed by atoms with Crippen molar-refractivity contribution in [2.24, 2.45) is 5.10 Å². The zero-order valence-corrected chi connectivity index (χ0v) is 12.6. The van der Waals surface area contributed by atoms with Gasteiger partial charge in [0.15, 0.2) is 0 Å². The van der Waals surface area contributed by atoms with E-state index in [1.807, 2.05) is 30.3 Å². The molecule has 0 fully saturated rings. The maximum absolute atomic E-state index is 12.4. The molecule has 5 nitrogen and oxygen atoms in total. The third kappa shape index (κ3) is 6.53. The minimum atomic E-state index is -3.42. The molecule has 0 aliphatic heterocycles. The Morgan fingerprint density at radius 3 is 2.11 bits per heavy atom. The Morgan fingerprint density at radius 1 is 1.11 bits per heavy atom. The molecule has 6 heteroatoms. The lowest BCUT2D eigenvalue weighted by atomic mass is 10.2. The van der Waals surface area contributed by atoms with Crippen molar-refractivity contribution in [3.05, 3.63) is 35.9 Å². The molecule has 0 unspecified atom stereocenters. The van der Waals surface area contributed by atoms with Gasteiger partial charge < -0.3 is 0 Å². The summed E-state index contributed by atoms with van der Waals surface area (Å²) < 4.78 is 22.9. The maximum Gasteiger partial charge on any atom is 0.448 e. The first-order valence-corrected chi connectivity index (χ1v) is 7.78. The molecule has 0 amide bonds. The monoisotopic (exact) mass is 284 g/mol. The molecule has 1 aromatic rings. The molecule has 0 aliphatic carbocycles. The number of nitrogens with zero attached hydrogens (tertiary/aromatic N) is 1. The molecule has 0 heterocycles. The summed E-state index contributed by atoms with van der Waals surface area (Å²) in [6.45, 7) is 7.16. The van der Waals surface area contributed by atoms with Gasteiger partial charge in [-0.25, -0.2) is 9.76 Å². The number of hydrazone groups is 1. The molecule has 1 aromatic carbocycles. The van der Waals surface area contributed by atoms with Gasteiger partial charge in [-0.3, -0.25) is 9.05 Å². The Balaban J connectivity index is 2.68. The van der Waals surface area contributed by atoms with Gasteiger partial charge in [0.1, 0.15) is 0 Å². The minimum absolute atomic E-state index is 0.219. The fraction of sp³-hybridized carbons (Fsp3) is 0.462. The van der Waals surface area contributed by atoms with E-state index >= 15 is 0 Å². The molecule has 0 aromatic heterocycles. The van der Waals surface area contributed by atoms with Crippen LogP contribution in [0.1, 0.15) is 33.3 Å². The van der Waals surface area contributed by atoms with Crippen molar-refractivity contribution in [1.82, 2.24) is 5.20 Å². The van der Waals surface area contributed by atoms with Crippen molar-refractivity contribution in [3.63, 3.8) is 0 Å². The van der Waals surface area contributed by atoms with Gasteiger partial charge in [-0.05, 0) is 33.3 Å². The van der Waals surface area contributed by atoms with Crippen molar-refractivity contribution in [3.8, 4) is 0 Å². The Labute approximate surface area is 114 Å². The van der Waals surface area contributed by atoms with E-state index in [1.54, 1.807) is 33.9 Å². The summed E-state index contributed by atoms with van der Waals surface area (Å²) in [4.78, 5) is 0. The highest BCUT2D eigenvalue weighted by atomic mass is 31.2. The average Bonchev–Trinajstić information content (AvgIpc) is 2.27. The van der Waals surface area contributed by atoms with Gasteiger partial charge in [-0.2, -0.15) is 5.10 Å². The molecule has 106 valence electrons. The van der Waals surface area contributed by atoms with Gasteiger partial charge in [0.05, 0.1) is 18.4 Å². The van der Waals surface area contributed by atoms with E-state index in [0.717, 1.165) is 5.56 Å². The van der Waals surface area contributed by atoms with Crippen LogP contribution in [0, 0.1) is 0 Å². The van der Waals surface area contributed by atoms with E-state index in [0.29, 0.717) is 0 Å². The largest absolute Gasteiger partial charge is 0.448 e. The maximum atomic E-state index is 12.4. The number of hydrogen-bond donors (Lipinski definition) is 1. The van der Waals surface area contributed by atoms with Crippen molar-refractivity contribution < 1.29 is 13.6 Å². The highest BCUT2D eigenvalue weighted by Crippen LogP contribution is 2.46. The van der Waals surface area contributed by atoms with Crippen LogP contribution in [0.3, 0.4) is 0 Å². The van der Waals surface area contributed by atoms with Crippen LogP contribution in [-0.2, 0) is 13.6 Å². The molecule has 19 heavy (non-hydrogen) atoms. The van der Waals surface area contributed by atoms with E-state index < -0.39 is 7.75 Å². The predicted octanol–water partition coefficient (Wildman–Crippen LogP) is 3.57. The number of hydrogen-bond acceptors (Lipinski definition) is 4. The van der Waals surface area contributed by atoms with Gasteiger partial charge in [-0.15, -0.1) is 0 Å². The number of benzene rings is 1. The Hall–Kier alpha value is -1.16. The van der Waals surface area contributed by atoms with Crippen LogP contribution in [0.2, 0.25) is 0 Å². The van der Waals surface area contributed by atoms with Gasteiger partial charge in [0.25, 0.3) is 0 Å². The van der Waals surface area contributed by atoms with Crippen molar-refractivity contribution in [2.75, 3.05) is 0 Å². The molecule has 0 spiro atoms. The summed E-state index contributed by atoms with van der Waals surface area (Å²) in [5.74, 6) is 0. The molecule has 0 radical (unpaired) electrons. The van der Waals surface area contributed by atoms with Crippen LogP contribution in [0.5, 0.6) is 0 Å². The topological polar surface area (TPSA) is 59.9 Å². The van der Waals surface area contributed by atoms with Crippen LogP contribution in [0.25, 0.3) is 0 Å². The van der Waals surface area contributed by atoms with Crippen LogP contribution >= 0.6 is 7.75 Å². The molecule has 1 N–H and O–H groups in total. The van der Waals surface area contributed by atoms with E-state index in [-0.39, 0.29) is 12.2 Å². The average molecular weight is 284 g/mol. The van der Waals surface area contributed by atoms with E-state index in [4.69, 9.17) is 9.05 Å². The van der Waals surface area contributed by atoms with Gasteiger partial charge in [0, 0.05) is 0 Å².